The molecule has 8 heteroatoms. The molecule has 0 spiro atoms. The number of fused-ring (bicyclic) bond motifs is 1. The molecule has 2 N–H and O–H groups in total. The number of likely N-dealkylation sites (tertiary alicyclic amines) is 1. The van der Waals surface area contributed by atoms with E-state index in [0.29, 0.717) is 12.0 Å². The van der Waals surface area contributed by atoms with Gasteiger partial charge in [0.1, 0.15) is 5.75 Å². The molecule has 1 saturated heterocycles. The molecule has 1 aliphatic rings. The maximum Gasteiger partial charge on any atom is 0.247 e. The van der Waals surface area contributed by atoms with Crippen LogP contribution in [0.3, 0.4) is 0 Å². The number of phenols is 1. The molecule has 0 amide bonds. The third-order valence-electron chi connectivity index (χ3n) is 5.14. The molecule has 3 aromatic heterocycles. The number of rotatable bonds is 4. The fourth-order valence-electron chi connectivity index (χ4n) is 3.68. The Morgan fingerprint density at radius 3 is 2.82 bits per heavy atom. The summed E-state index contributed by atoms with van der Waals surface area (Å²) < 4.78 is 3.77. The second-order valence-corrected chi connectivity index (χ2v) is 7.21. The quantitative estimate of drug-likeness (QED) is 0.571. The van der Waals surface area contributed by atoms with Crippen LogP contribution < -0.4 is 5.32 Å². The number of hydrogen-bond donors (Lipinski definition) is 2. The van der Waals surface area contributed by atoms with Gasteiger partial charge < -0.3 is 15.3 Å². The van der Waals surface area contributed by atoms with Crippen molar-refractivity contribution in [1.82, 2.24) is 29.3 Å². The molecule has 1 atom stereocenters. The summed E-state index contributed by atoms with van der Waals surface area (Å²) in [6.45, 7) is 2.12. The molecule has 28 heavy (non-hydrogen) atoms. The maximum absolute atomic E-state index is 9.53. The number of aromatic hydroxyl groups is 1. The highest BCUT2D eigenvalue weighted by atomic mass is 16.3. The van der Waals surface area contributed by atoms with E-state index in [1.54, 1.807) is 16.6 Å². The molecule has 1 fully saturated rings. The van der Waals surface area contributed by atoms with Crippen molar-refractivity contribution in [2.75, 3.05) is 25.5 Å². The van der Waals surface area contributed by atoms with Crippen molar-refractivity contribution in [2.24, 2.45) is 0 Å². The summed E-state index contributed by atoms with van der Waals surface area (Å²) in [6.07, 6.45) is 6.80. The van der Waals surface area contributed by atoms with E-state index >= 15 is 0 Å². The highest BCUT2D eigenvalue weighted by molar-refractivity contribution is 5.78. The lowest BCUT2D eigenvalue weighted by atomic mass is 10.1. The van der Waals surface area contributed by atoms with Crippen molar-refractivity contribution >= 4 is 17.3 Å². The predicted molar refractivity (Wildman–Crippen MR) is 107 cm³/mol. The lowest BCUT2D eigenvalue weighted by molar-refractivity contribution is 0.382. The Kier molecular flexibility index (Phi) is 3.98. The van der Waals surface area contributed by atoms with Gasteiger partial charge in [0, 0.05) is 24.5 Å². The van der Waals surface area contributed by atoms with Crippen LogP contribution in [0.5, 0.6) is 5.75 Å². The number of nitrogens with zero attached hydrogens (tertiary/aromatic N) is 6. The Morgan fingerprint density at radius 1 is 1.18 bits per heavy atom. The molecule has 0 radical (unpaired) electrons. The molecule has 8 nitrogen and oxygen atoms in total. The molecule has 4 aromatic rings. The second-order valence-electron chi connectivity index (χ2n) is 7.21. The zero-order valence-electron chi connectivity index (χ0n) is 15.5. The first-order chi connectivity index (χ1) is 13.7. The van der Waals surface area contributed by atoms with Crippen LogP contribution in [0.25, 0.3) is 16.8 Å². The smallest absolute Gasteiger partial charge is 0.247 e. The van der Waals surface area contributed by atoms with E-state index < -0.39 is 0 Å². The van der Waals surface area contributed by atoms with E-state index in [0.717, 1.165) is 42.0 Å². The van der Waals surface area contributed by atoms with Gasteiger partial charge in [-0.2, -0.15) is 10.1 Å². The lowest BCUT2D eigenvalue weighted by Gasteiger charge is -2.10. The number of benzene rings is 1. The molecule has 0 saturated carbocycles. The van der Waals surface area contributed by atoms with Crippen LogP contribution >= 0.6 is 0 Å². The monoisotopic (exact) mass is 375 g/mol. The highest BCUT2D eigenvalue weighted by Gasteiger charge is 2.21. The van der Waals surface area contributed by atoms with E-state index in [2.05, 4.69) is 32.4 Å². The third-order valence-corrected chi connectivity index (χ3v) is 5.14. The molecule has 4 heterocycles. The minimum absolute atomic E-state index is 0.241. The fraction of sp³-hybridized carbons (Fsp3) is 0.250. The van der Waals surface area contributed by atoms with Crippen LogP contribution in [0.15, 0.2) is 55.0 Å². The van der Waals surface area contributed by atoms with Gasteiger partial charge >= 0.3 is 0 Å². The van der Waals surface area contributed by atoms with Crippen molar-refractivity contribution < 1.29 is 5.11 Å². The predicted octanol–water partition coefficient (Wildman–Crippen LogP) is 2.92. The van der Waals surface area contributed by atoms with Crippen LogP contribution in [0.2, 0.25) is 0 Å². The maximum atomic E-state index is 9.53. The summed E-state index contributed by atoms with van der Waals surface area (Å²) in [7, 11) is 2.13. The van der Waals surface area contributed by atoms with Crippen LogP contribution in [0, 0.1) is 0 Å². The van der Waals surface area contributed by atoms with E-state index in [4.69, 9.17) is 0 Å². The van der Waals surface area contributed by atoms with Gasteiger partial charge in [0.2, 0.25) is 5.95 Å². The van der Waals surface area contributed by atoms with Crippen LogP contribution in [-0.4, -0.2) is 54.5 Å². The molecule has 5 rings (SSSR count). The van der Waals surface area contributed by atoms with Crippen LogP contribution in [0.1, 0.15) is 12.5 Å². The molecule has 1 unspecified atom stereocenters. The minimum atomic E-state index is 0.241. The van der Waals surface area contributed by atoms with Gasteiger partial charge in [-0.3, -0.25) is 4.68 Å². The number of phenolic OH excluding ortho intramolecular Hbond substituents is 1. The Balaban J connectivity index is 1.42. The Hall–Kier alpha value is -3.39. The average Bonchev–Trinajstić information content (AvgIpc) is 3.41. The highest BCUT2D eigenvalue weighted by Crippen LogP contribution is 2.27. The second kappa shape index (κ2) is 6.65. The third kappa shape index (κ3) is 3.07. The SMILES string of the molecule is CN1CCC(n2cc(Nc3nc4c(-c5ccc(O)cc5)cccn4n3)cn2)C1. The van der Waals surface area contributed by atoms with Crippen molar-refractivity contribution in [3.63, 3.8) is 0 Å². The van der Waals surface area contributed by atoms with Crippen LogP contribution in [0.4, 0.5) is 11.6 Å². The molecule has 1 aliphatic heterocycles. The summed E-state index contributed by atoms with van der Waals surface area (Å²) in [5.74, 6) is 0.763. The Labute approximate surface area is 162 Å². The molecular weight excluding hydrogens is 354 g/mol. The first-order valence-electron chi connectivity index (χ1n) is 9.30. The molecule has 0 bridgehead atoms. The Morgan fingerprint density at radius 2 is 2.04 bits per heavy atom. The summed E-state index contributed by atoms with van der Waals surface area (Å²) >= 11 is 0. The van der Waals surface area contributed by atoms with Gasteiger partial charge in [0.15, 0.2) is 5.65 Å². The summed E-state index contributed by atoms with van der Waals surface area (Å²) in [5, 5.41) is 21.8. The standard InChI is InChI=1S/C20H21N7O/c1-25-10-8-16(13-25)27-12-15(11-21-27)22-20-23-19-18(3-2-9-26(19)24-20)14-4-6-17(28)7-5-14/h2-7,9,11-12,16,28H,8,10,13H2,1H3,(H,22,24). The molecular formula is C20H21N7O. The summed E-state index contributed by atoms with van der Waals surface area (Å²) in [4.78, 5) is 6.97. The van der Waals surface area contributed by atoms with Crippen molar-refractivity contribution in [1.29, 1.82) is 0 Å². The largest absolute Gasteiger partial charge is 0.508 e. The van der Waals surface area contributed by atoms with Crippen molar-refractivity contribution in [3.8, 4) is 16.9 Å². The van der Waals surface area contributed by atoms with Crippen molar-refractivity contribution in [2.45, 2.75) is 12.5 Å². The number of likely N-dealkylation sites (N-methyl/N-ethyl adjacent to an activating group) is 1. The zero-order chi connectivity index (χ0) is 19.1. The number of anilines is 2. The Bertz CT molecular complexity index is 1120. The summed E-state index contributed by atoms with van der Waals surface area (Å²) in [6, 6.07) is 11.4. The van der Waals surface area contributed by atoms with Gasteiger partial charge in [-0.05, 0) is 49.8 Å². The van der Waals surface area contributed by atoms with Gasteiger partial charge in [-0.25, -0.2) is 4.52 Å². The van der Waals surface area contributed by atoms with Gasteiger partial charge in [0.25, 0.3) is 0 Å². The van der Waals surface area contributed by atoms with E-state index in [9.17, 15) is 5.11 Å². The van der Waals surface area contributed by atoms with E-state index in [1.807, 2.05) is 47.5 Å². The number of hydrogen-bond acceptors (Lipinski definition) is 6. The molecule has 142 valence electrons. The molecule has 0 aliphatic carbocycles. The fourth-order valence-corrected chi connectivity index (χ4v) is 3.68. The minimum Gasteiger partial charge on any atom is -0.508 e. The normalized spacial score (nSPS) is 17.4. The number of aromatic nitrogens is 5. The average molecular weight is 375 g/mol. The van der Waals surface area contributed by atoms with Gasteiger partial charge in [-0.1, -0.05) is 12.1 Å². The summed E-state index contributed by atoms with van der Waals surface area (Å²) in [5.41, 5.74) is 3.55. The van der Waals surface area contributed by atoms with E-state index in [-0.39, 0.29) is 5.75 Å². The number of pyridine rings is 1. The molecule has 1 aromatic carbocycles. The topological polar surface area (TPSA) is 83.5 Å². The van der Waals surface area contributed by atoms with Gasteiger partial charge in [-0.15, -0.1) is 5.10 Å². The first kappa shape index (κ1) is 16.8. The zero-order valence-corrected chi connectivity index (χ0v) is 15.5. The van der Waals surface area contributed by atoms with Crippen LogP contribution in [-0.2, 0) is 0 Å². The lowest BCUT2D eigenvalue weighted by Crippen LogP contribution is -2.16. The number of nitrogens with one attached hydrogen (secondary N) is 1. The first-order valence-corrected chi connectivity index (χ1v) is 9.30. The van der Waals surface area contributed by atoms with E-state index in [1.165, 1.54) is 0 Å². The van der Waals surface area contributed by atoms with Gasteiger partial charge in [0.05, 0.1) is 17.9 Å². The van der Waals surface area contributed by atoms with Crippen molar-refractivity contribution in [3.05, 3.63) is 55.0 Å².